The summed E-state index contributed by atoms with van der Waals surface area (Å²) in [4.78, 5) is 3.85. The van der Waals surface area contributed by atoms with E-state index < -0.39 is 15.6 Å². The lowest BCUT2D eigenvalue weighted by Gasteiger charge is -2.20. The molecule has 84 valence electrons. The van der Waals surface area contributed by atoms with Gasteiger partial charge in [-0.3, -0.25) is 0 Å². The van der Waals surface area contributed by atoms with Crippen molar-refractivity contribution in [3.63, 3.8) is 0 Å². The number of sulfonamides is 1. The maximum Gasteiger partial charge on any atom is 0.241 e. The van der Waals surface area contributed by atoms with Crippen LogP contribution in [0.5, 0.6) is 0 Å². The molecule has 0 saturated heterocycles. The van der Waals surface area contributed by atoms with E-state index in [0.717, 1.165) is 0 Å². The summed E-state index contributed by atoms with van der Waals surface area (Å²) in [7, 11) is -3.51. The van der Waals surface area contributed by atoms with Crippen LogP contribution in [0, 0.1) is 0 Å². The van der Waals surface area contributed by atoms with Crippen LogP contribution < -0.4 is 4.72 Å². The Labute approximate surface area is 94.7 Å². The molecule has 0 aromatic carbocycles. The van der Waals surface area contributed by atoms with Gasteiger partial charge in [0.15, 0.2) is 0 Å². The Hall–Kier alpha value is -0.650. The van der Waals surface area contributed by atoms with Gasteiger partial charge in [0, 0.05) is 11.7 Å². The highest BCUT2D eigenvalue weighted by atomic mass is 35.5. The average molecular weight is 249 g/mol. The highest BCUT2D eigenvalue weighted by molar-refractivity contribution is 7.89. The van der Waals surface area contributed by atoms with Crippen molar-refractivity contribution in [1.82, 2.24) is 9.71 Å². The average Bonchev–Trinajstić information content (AvgIpc) is 1.99. The minimum absolute atomic E-state index is 0.123. The second-order valence-electron chi connectivity index (χ2n) is 4.17. The van der Waals surface area contributed by atoms with E-state index in [2.05, 4.69) is 9.71 Å². The van der Waals surface area contributed by atoms with E-state index in [1.807, 2.05) is 0 Å². The normalized spacial score (nSPS) is 12.8. The fourth-order valence-electron chi connectivity index (χ4n) is 1.01. The number of halogens is 1. The van der Waals surface area contributed by atoms with Crippen LogP contribution in [0.2, 0.25) is 5.15 Å². The van der Waals surface area contributed by atoms with Gasteiger partial charge < -0.3 is 0 Å². The zero-order valence-electron chi connectivity index (χ0n) is 8.78. The van der Waals surface area contributed by atoms with Crippen LogP contribution in [0.15, 0.2) is 23.2 Å². The van der Waals surface area contributed by atoms with E-state index in [-0.39, 0.29) is 10.0 Å². The molecule has 0 spiro atoms. The minimum Gasteiger partial charge on any atom is -0.244 e. The molecule has 1 N–H and O–H groups in total. The topological polar surface area (TPSA) is 59.1 Å². The molecule has 6 heteroatoms. The zero-order valence-corrected chi connectivity index (χ0v) is 10.4. The lowest BCUT2D eigenvalue weighted by Crippen LogP contribution is -2.40. The molecule has 0 aliphatic heterocycles. The van der Waals surface area contributed by atoms with Crippen molar-refractivity contribution < 1.29 is 8.42 Å². The smallest absolute Gasteiger partial charge is 0.241 e. The molecule has 1 rings (SSSR count). The first-order valence-electron chi connectivity index (χ1n) is 4.36. The Kier molecular flexibility index (Phi) is 3.38. The number of pyridine rings is 1. The molecule has 1 heterocycles. The lowest BCUT2D eigenvalue weighted by atomic mass is 10.1. The van der Waals surface area contributed by atoms with Crippen molar-refractivity contribution >= 4 is 21.6 Å². The van der Waals surface area contributed by atoms with Crippen molar-refractivity contribution in [1.29, 1.82) is 0 Å². The molecule has 0 radical (unpaired) electrons. The number of rotatable bonds is 2. The first-order chi connectivity index (χ1) is 6.71. The zero-order chi connectivity index (χ0) is 11.7. The number of hydrogen-bond acceptors (Lipinski definition) is 3. The van der Waals surface area contributed by atoms with E-state index in [0.29, 0.717) is 0 Å². The molecule has 1 aromatic heterocycles. The van der Waals surface area contributed by atoms with Gasteiger partial charge in [0.1, 0.15) is 5.15 Å². The molecule has 15 heavy (non-hydrogen) atoms. The summed E-state index contributed by atoms with van der Waals surface area (Å²) in [5.74, 6) is 0. The van der Waals surface area contributed by atoms with Crippen molar-refractivity contribution in [2.75, 3.05) is 0 Å². The van der Waals surface area contributed by atoms with Gasteiger partial charge in [-0.25, -0.2) is 18.1 Å². The summed E-state index contributed by atoms with van der Waals surface area (Å²) in [6, 6.07) is 2.72. The maximum absolute atomic E-state index is 11.8. The van der Waals surface area contributed by atoms with E-state index in [4.69, 9.17) is 11.6 Å². The summed E-state index contributed by atoms with van der Waals surface area (Å²) in [5.41, 5.74) is -0.519. The number of nitrogens with one attached hydrogen (secondary N) is 1. The summed E-state index contributed by atoms with van der Waals surface area (Å²) < 4.78 is 26.1. The Morgan fingerprint density at radius 2 is 2.00 bits per heavy atom. The summed E-state index contributed by atoms with van der Waals surface area (Å²) >= 11 is 5.62. The third-order valence-electron chi connectivity index (χ3n) is 1.45. The number of hydrogen-bond donors (Lipinski definition) is 1. The van der Waals surface area contributed by atoms with E-state index in [1.165, 1.54) is 18.3 Å². The van der Waals surface area contributed by atoms with Gasteiger partial charge >= 0.3 is 0 Å². The second-order valence-corrected chi connectivity index (χ2v) is 6.24. The maximum atomic E-state index is 11.8. The van der Waals surface area contributed by atoms with Gasteiger partial charge in [-0.05, 0) is 32.9 Å². The monoisotopic (exact) mass is 248 g/mol. The van der Waals surface area contributed by atoms with Gasteiger partial charge in [0.05, 0.1) is 4.90 Å². The van der Waals surface area contributed by atoms with Crippen molar-refractivity contribution in [3.8, 4) is 0 Å². The standard InChI is InChI=1S/C9H13ClN2O2S/c1-9(2,3)12-15(13,14)7-4-5-11-8(10)6-7/h4-6,12H,1-3H3. The van der Waals surface area contributed by atoms with Crippen LogP contribution in [0.1, 0.15) is 20.8 Å². The largest absolute Gasteiger partial charge is 0.244 e. The van der Waals surface area contributed by atoms with Crippen molar-refractivity contribution in [2.24, 2.45) is 0 Å². The minimum atomic E-state index is -3.51. The summed E-state index contributed by atoms with van der Waals surface area (Å²) in [5, 5.41) is 0.159. The molecule has 0 saturated carbocycles. The Balaban J connectivity index is 3.07. The third kappa shape index (κ3) is 3.77. The van der Waals surface area contributed by atoms with Gasteiger partial charge in [-0.1, -0.05) is 11.6 Å². The van der Waals surface area contributed by atoms with E-state index in [9.17, 15) is 8.42 Å². The highest BCUT2D eigenvalue weighted by Gasteiger charge is 2.21. The second kappa shape index (κ2) is 4.08. The van der Waals surface area contributed by atoms with Crippen LogP contribution in [-0.2, 0) is 10.0 Å². The summed E-state index contributed by atoms with van der Waals surface area (Å²) in [6.07, 6.45) is 1.36. The molecule has 0 unspecified atom stereocenters. The first kappa shape index (κ1) is 12.4. The molecule has 4 nitrogen and oxygen atoms in total. The Morgan fingerprint density at radius 1 is 1.40 bits per heavy atom. The van der Waals surface area contributed by atoms with Gasteiger partial charge in [0.2, 0.25) is 10.0 Å². The molecule has 0 bridgehead atoms. The van der Waals surface area contributed by atoms with E-state index >= 15 is 0 Å². The van der Waals surface area contributed by atoms with Crippen LogP contribution in [0.4, 0.5) is 0 Å². The molecule has 0 aliphatic rings. The number of nitrogens with zero attached hydrogens (tertiary/aromatic N) is 1. The molecule has 0 amide bonds. The molecule has 1 aromatic rings. The Bertz CT molecular complexity index is 451. The fourth-order valence-corrected chi connectivity index (χ4v) is 2.68. The molecule has 0 aliphatic carbocycles. The van der Waals surface area contributed by atoms with Crippen LogP contribution in [-0.4, -0.2) is 18.9 Å². The molecular weight excluding hydrogens is 236 g/mol. The lowest BCUT2D eigenvalue weighted by molar-refractivity contribution is 0.491. The van der Waals surface area contributed by atoms with E-state index in [1.54, 1.807) is 20.8 Å². The predicted octanol–water partition coefficient (Wildman–Crippen LogP) is 1.81. The highest BCUT2D eigenvalue weighted by Crippen LogP contribution is 2.15. The molecule has 0 atom stereocenters. The van der Waals surface area contributed by atoms with Crippen LogP contribution >= 0.6 is 11.6 Å². The van der Waals surface area contributed by atoms with Crippen molar-refractivity contribution in [3.05, 3.63) is 23.5 Å². The third-order valence-corrected chi connectivity index (χ3v) is 3.41. The van der Waals surface area contributed by atoms with Gasteiger partial charge in [-0.2, -0.15) is 0 Å². The van der Waals surface area contributed by atoms with Crippen LogP contribution in [0.3, 0.4) is 0 Å². The molecule has 0 fully saturated rings. The van der Waals surface area contributed by atoms with Gasteiger partial charge in [0.25, 0.3) is 0 Å². The molecular formula is C9H13ClN2O2S. The van der Waals surface area contributed by atoms with Gasteiger partial charge in [-0.15, -0.1) is 0 Å². The predicted molar refractivity (Wildman–Crippen MR) is 59.3 cm³/mol. The first-order valence-corrected chi connectivity index (χ1v) is 6.22. The quantitative estimate of drug-likeness (QED) is 0.812. The fraction of sp³-hybridized carbons (Fsp3) is 0.444. The van der Waals surface area contributed by atoms with Crippen molar-refractivity contribution in [2.45, 2.75) is 31.2 Å². The summed E-state index contributed by atoms with van der Waals surface area (Å²) in [6.45, 7) is 5.31. The SMILES string of the molecule is CC(C)(C)NS(=O)(=O)c1ccnc(Cl)c1. The van der Waals surface area contributed by atoms with Crippen LogP contribution in [0.25, 0.3) is 0 Å². The number of aromatic nitrogens is 1. The Morgan fingerprint density at radius 3 is 2.47 bits per heavy atom.